The van der Waals surface area contributed by atoms with Gasteiger partial charge in [0, 0.05) is 0 Å². The summed E-state index contributed by atoms with van der Waals surface area (Å²) >= 11 is 0. The van der Waals surface area contributed by atoms with E-state index in [9.17, 15) is 19.4 Å². The molecule has 0 aromatic heterocycles. The fourth-order valence-corrected chi connectivity index (χ4v) is 2.12. The lowest BCUT2D eigenvalue weighted by molar-refractivity contribution is 0.363. The maximum absolute atomic E-state index is 12.5. The van der Waals surface area contributed by atoms with Crippen molar-refractivity contribution in [1.82, 2.24) is 0 Å². The molecule has 0 amide bonds. The molecule has 0 spiro atoms. The lowest BCUT2D eigenvalue weighted by Gasteiger charge is -2.41. The van der Waals surface area contributed by atoms with Crippen LogP contribution in [-0.2, 0) is 0 Å². The maximum atomic E-state index is 12.5. The molecule has 0 unspecified atom stereocenters. The summed E-state index contributed by atoms with van der Waals surface area (Å²) < 4.78 is 62.3. The molecule has 104 valence electrons. The predicted molar refractivity (Wildman–Crippen MR) is 63.4 cm³/mol. The highest BCUT2D eigenvalue weighted by atomic mass is 32.5. The summed E-state index contributed by atoms with van der Waals surface area (Å²) in [5.74, 6) is 0. The molecule has 1 nitrogen and oxygen atoms in total. The largest absolute Gasteiger partial charge is 0.310 e. The number of halogens is 5. The zero-order chi connectivity index (χ0) is 14.8. The Bertz CT molecular complexity index is 475. The first kappa shape index (κ1) is 16.7. The molecule has 7 heteroatoms. The third-order valence-corrected chi connectivity index (χ3v) is 3.19. The summed E-state index contributed by atoms with van der Waals surface area (Å²) in [6, 6.07) is 2.29. The van der Waals surface area contributed by atoms with E-state index in [0.717, 1.165) is 0 Å². The Morgan fingerprint density at radius 1 is 0.944 bits per heavy atom. The Labute approximate surface area is 103 Å². The number of nitrogens with zero attached hydrogens (tertiary/aromatic N) is 1. The average Bonchev–Trinajstić information content (AvgIpc) is 2.17. The SMILES string of the molecule is CC.Cc1cc(S(F)(F)(F)(F)F)cc(C)c1C#N. The number of nitriles is 1. The van der Waals surface area contributed by atoms with Gasteiger partial charge in [0.15, 0.2) is 0 Å². The van der Waals surface area contributed by atoms with Crippen LogP contribution >= 0.6 is 10.2 Å². The summed E-state index contributed by atoms with van der Waals surface area (Å²) in [7, 11) is -9.65. The van der Waals surface area contributed by atoms with Crippen LogP contribution in [0.15, 0.2) is 17.0 Å². The zero-order valence-electron chi connectivity index (χ0n) is 10.4. The summed E-state index contributed by atoms with van der Waals surface area (Å²) in [5.41, 5.74) is -0.220. The van der Waals surface area contributed by atoms with Gasteiger partial charge in [-0.25, -0.2) is 0 Å². The van der Waals surface area contributed by atoms with Crippen molar-refractivity contribution < 1.29 is 19.4 Å². The van der Waals surface area contributed by atoms with Gasteiger partial charge in [0.05, 0.1) is 11.6 Å². The van der Waals surface area contributed by atoms with E-state index in [4.69, 9.17) is 5.26 Å². The summed E-state index contributed by atoms with van der Waals surface area (Å²) in [6.45, 7) is 6.39. The van der Waals surface area contributed by atoms with Crippen molar-refractivity contribution in [3.05, 3.63) is 28.8 Å². The smallest absolute Gasteiger partial charge is 0.192 e. The highest BCUT2D eigenvalue weighted by Gasteiger charge is 2.65. The minimum Gasteiger partial charge on any atom is -0.192 e. The molecule has 0 N–H and O–H groups in total. The fourth-order valence-electron chi connectivity index (χ4n) is 1.32. The molecular weight excluding hydrogens is 273 g/mol. The predicted octanol–water partition coefficient (Wildman–Crippen LogP) is 5.86. The van der Waals surface area contributed by atoms with Gasteiger partial charge in [-0.1, -0.05) is 33.3 Å². The second-order valence-electron chi connectivity index (χ2n) is 3.51. The van der Waals surface area contributed by atoms with E-state index < -0.39 is 15.1 Å². The van der Waals surface area contributed by atoms with Gasteiger partial charge in [0.2, 0.25) is 0 Å². The van der Waals surface area contributed by atoms with Crippen molar-refractivity contribution in [2.45, 2.75) is 32.6 Å². The molecule has 0 aliphatic rings. The Morgan fingerprint density at radius 2 is 1.28 bits per heavy atom. The van der Waals surface area contributed by atoms with Crippen LogP contribution in [0.5, 0.6) is 0 Å². The first-order valence-electron chi connectivity index (χ1n) is 5.10. The first-order valence-corrected chi connectivity index (χ1v) is 7.06. The van der Waals surface area contributed by atoms with Crippen molar-refractivity contribution in [2.75, 3.05) is 0 Å². The lowest BCUT2D eigenvalue weighted by Crippen LogP contribution is -2.07. The standard InChI is InChI=1S/C9H8F5NS.C2H6/c1-6-3-8(16(10,11,12,13)14)4-7(2)9(6)5-15;1-2/h3-4H,1-2H3;1-2H3. The normalized spacial score (nSPS) is 14.7. The Morgan fingerprint density at radius 3 is 1.50 bits per heavy atom. The molecule has 0 fully saturated rings. The Hall–Kier alpha value is -1.29. The Kier molecular flexibility index (Phi) is 3.83. The van der Waals surface area contributed by atoms with E-state index in [2.05, 4.69) is 0 Å². The highest BCUT2D eigenvalue weighted by Crippen LogP contribution is 3.02. The molecule has 0 aliphatic heterocycles. The molecule has 1 aromatic carbocycles. The lowest BCUT2D eigenvalue weighted by atomic mass is 10.0. The van der Waals surface area contributed by atoms with Crippen LogP contribution in [0.3, 0.4) is 0 Å². The van der Waals surface area contributed by atoms with Crippen LogP contribution in [0.25, 0.3) is 0 Å². The summed E-state index contributed by atoms with van der Waals surface area (Å²) in [6.07, 6.45) is 0. The number of aryl methyl sites for hydroxylation is 2. The molecule has 0 bridgehead atoms. The van der Waals surface area contributed by atoms with Gasteiger partial charge >= 0.3 is 10.2 Å². The van der Waals surface area contributed by atoms with E-state index in [0.29, 0.717) is 12.1 Å². The van der Waals surface area contributed by atoms with E-state index >= 15 is 0 Å². The number of hydrogen-bond acceptors (Lipinski definition) is 1. The molecule has 0 saturated heterocycles. The van der Waals surface area contributed by atoms with E-state index in [-0.39, 0.29) is 16.7 Å². The van der Waals surface area contributed by atoms with Crippen molar-refractivity contribution in [2.24, 2.45) is 0 Å². The van der Waals surface area contributed by atoms with Crippen molar-refractivity contribution in [3.8, 4) is 6.07 Å². The zero-order valence-corrected chi connectivity index (χ0v) is 11.2. The molecule has 0 aliphatic carbocycles. The van der Waals surface area contributed by atoms with Gasteiger partial charge in [-0.2, -0.15) is 5.26 Å². The van der Waals surface area contributed by atoms with Crippen molar-refractivity contribution >= 4 is 10.2 Å². The summed E-state index contributed by atoms with van der Waals surface area (Å²) in [4.78, 5) is -1.95. The molecule has 0 saturated carbocycles. The molecule has 0 radical (unpaired) electrons. The minimum atomic E-state index is -9.65. The minimum absolute atomic E-state index is 0.00870. The fraction of sp³-hybridized carbons (Fsp3) is 0.364. The molecule has 0 atom stereocenters. The molecule has 1 rings (SSSR count). The van der Waals surface area contributed by atoms with Gasteiger partial charge in [-0.15, -0.1) is 0 Å². The van der Waals surface area contributed by atoms with E-state index in [1.54, 1.807) is 6.07 Å². The van der Waals surface area contributed by atoms with E-state index in [1.807, 2.05) is 13.8 Å². The van der Waals surface area contributed by atoms with Crippen LogP contribution < -0.4 is 0 Å². The molecule has 18 heavy (non-hydrogen) atoms. The number of hydrogen-bond donors (Lipinski definition) is 0. The maximum Gasteiger partial charge on any atom is 0.310 e. The Balaban J connectivity index is 0.00000137. The molecular formula is C11H14F5NS. The van der Waals surface area contributed by atoms with E-state index in [1.165, 1.54) is 13.8 Å². The topological polar surface area (TPSA) is 23.8 Å². The van der Waals surface area contributed by atoms with Crippen LogP contribution in [0.1, 0.15) is 30.5 Å². The second kappa shape index (κ2) is 4.12. The van der Waals surface area contributed by atoms with Gasteiger partial charge in [-0.05, 0) is 37.1 Å². The van der Waals surface area contributed by atoms with Gasteiger partial charge in [0.1, 0.15) is 4.90 Å². The monoisotopic (exact) mass is 287 g/mol. The van der Waals surface area contributed by atoms with Gasteiger partial charge < -0.3 is 0 Å². The average molecular weight is 287 g/mol. The second-order valence-corrected chi connectivity index (χ2v) is 5.92. The highest BCUT2D eigenvalue weighted by molar-refractivity contribution is 8.45. The first-order chi connectivity index (χ1) is 7.85. The van der Waals surface area contributed by atoms with Crippen LogP contribution in [-0.4, -0.2) is 0 Å². The third kappa shape index (κ3) is 3.88. The quantitative estimate of drug-likeness (QED) is 0.593. The number of benzene rings is 1. The van der Waals surface area contributed by atoms with Gasteiger partial charge in [-0.3, -0.25) is 0 Å². The van der Waals surface area contributed by atoms with Crippen molar-refractivity contribution in [3.63, 3.8) is 0 Å². The molecule has 0 heterocycles. The van der Waals surface area contributed by atoms with Crippen LogP contribution in [0, 0.1) is 25.2 Å². The van der Waals surface area contributed by atoms with Gasteiger partial charge in [0.25, 0.3) is 0 Å². The van der Waals surface area contributed by atoms with Crippen LogP contribution in [0.2, 0.25) is 0 Å². The summed E-state index contributed by atoms with van der Waals surface area (Å²) in [5, 5.41) is 8.61. The number of rotatable bonds is 1. The van der Waals surface area contributed by atoms with Crippen LogP contribution in [0.4, 0.5) is 19.4 Å². The van der Waals surface area contributed by atoms with Crippen molar-refractivity contribution in [1.29, 1.82) is 5.26 Å². The third-order valence-electron chi connectivity index (χ3n) is 2.06. The molecule has 1 aromatic rings.